The van der Waals surface area contributed by atoms with E-state index >= 15 is 0 Å². The van der Waals surface area contributed by atoms with Crippen molar-refractivity contribution in [1.82, 2.24) is 24.4 Å². The number of fused-ring (bicyclic) bond motifs is 1. The first-order valence-electron chi connectivity index (χ1n) is 6.13. The van der Waals surface area contributed by atoms with Gasteiger partial charge < -0.3 is 4.90 Å². The van der Waals surface area contributed by atoms with Crippen molar-refractivity contribution in [2.75, 3.05) is 33.2 Å². The molecule has 0 unspecified atom stereocenters. The molecule has 0 atom stereocenters. The third-order valence-corrected chi connectivity index (χ3v) is 3.94. The Hall–Kier alpha value is -0.980. The van der Waals surface area contributed by atoms with Gasteiger partial charge in [-0.05, 0) is 35.1 Å². The largest absolute Gasteiger partial charge is 0.304 e. The van der Waals surface area contributed by atoms with E-state index in [-0.39, 0.29) is 0 Å². The number of hydrogen-bond acceptors (Lipinski definition) is 4. The highest BCUT2D eigenvalue weighted by molar-refractivity contribution is 9.10. The molecule has 0 aromatic carbocycles. The van der Waals surface area contributed by atoms with Gasteiger partial charge in [0.1, 0.15) is 0 Å². The summed E-state index contributed by atoms with van der Waals surface area (Å²) in [6, 6.07) is 3.95. The normalized spacial score (nSPS) is 18.6. The molecule has 2 aromatic heterocycles. The van der Waals surface area contributed by atoms with Crippen LogP contribution in [-0.4, -0.2) is 57.6 Å². The van der Waals surface area contributed by atoms with Crippen molar-refractivity contribution >= 4 is 21.6 Å². The standard InChI is InChI=1S/C12H16BrN5/c1-16-5-7-17(8-6-16)9-11-14-12-10(13)3-2-4-18(12)15-11/h2-4H,5-9H2,1H3. The molecule has 3 heterocycles. The predicted octanol–water partition coefficient (Wildman–Crippen LogP) is 1.24. The molecular formula is C12H16BrN5. The lowest BCUT2D eigenvalue weighted by atomic mass is 10.3. The molecular weight excluding hydrogens is 294 g/mol. The lowest BCUT2D eigenvalue weighted by molar-refractivity contribution is 0.145. The second-order valence-corrected chi connectivity index (χ2v) is 5.59. The highest BCUT2D eigenvalue weighted by Gasteiger charge is 2.16. The van der Waals surface area contributed by atoms with E-state index in [2.05, 4.69) is 42.9 Å². The number of likely N-dealkylation sites (N-methyl/N-ethyl adjacent to an activating group) is 1. The zero-order chi connectivity index (χ0) is 12.5. The zero-order valence-corrected chi connectivity index (χ0v) is 12.0. The minimum atomic E-state index is 0.835. The van der Waals surface area contributed by atoms with Crippen LogP contribution in [0, 0.1) is 0 Å². The van der Waals surface area contributed by atoms with E-state index < -0.39 is 0 Å². The average molecular weight is 310 g/mol. The summed E-state index contributed by atoms with van der Waals surface area (Å²) < 4.78 is 2.82. The first-order valence-corrected chi connectivity index (χ1v) is 6.92. The van der Waals surface area contributed by atoms with Crippen molar-refractivity contribution in [3.8, 4) is 0 Å². The quantitative estimate of drug-likeness (QED) is 0.836. The van der Waals surface area contributed by atoms with Crippen LogP contribution in [0.1, 0.15) is 5.82 Å². The summed E-state index contributed by atoms with van der Waals surface area (Å²) in [6.07, 6.45) is 1.93. The maximum Gasteiger partial charge on any atom is 0.169 e. The summed E-state index contributed by atoms with van der Waals surface area (Å²) in [5.74, 6) is 0.895. The minimum absolute atomic E-state index is 0.835. The van der Waals surface area contributed by atoms with E-state index in [1.165, 1.54) is 0 Å². The Labute approximate surface area is 115 Å². The van der Waals surface area contributed by atoms with Gasteiger partial charge in [0.25, 0.3) is 0 Å². The van der Waals surface area contributed by atoms with Crippen LogP contribution < -0.4 is 0 Å². The summed E-state index contributed by atoms with van der Waals surface area (Å²) in [5.41, 5.74) is 0.890. The molecule has 0 radical (unpaired) electrons. The van der Waals surface area contributed by atoms with Gasteiger partial charge in [0.15, 0.2) is 11.5 Å². The summed E-state index contributed by atoms with van der Waals surface area (Å²) in [4.78, 5) is 9.33. The zero-order valence-electron chi connectivity index (χ0n) is 10.4. The van der Waals surface area contributed by atoms with E-state index in [1.54, 1.807) is 0 Å². The van der Waals surface area contributed by atoms with Gasteiger partial charge in [-0.2, -0.15) is 0 Å². The molecule has 0 amide bonds. The SMILES string of the molecule is CN1CCN(Cc2nc3c(Br)cccn3n2)CC1. The van der Waals surface area contributed by atoms with Gasteiger partial charge in [-0.3, -0.25) is 4.90 Å². The van der Waals surface area contributed by atoms with Crippen molar-refractivity contribution in [3.05, 3.63) is 28.6 Å². The fourth-order valence-electron chi connectivity index (χ4n) is 2.19. The van der Waals surface area contributed by atoms with Gasteiger partial charge in [-0.25, -0.2) is 9.50 Å². The van der Waals surface area contributed by atoms with E-state index in [4.69, 9.17) is 0 Å². The maximum atomic E-state index is 4.58. The Morgan fingerprint density at radius 1 is 1.28 bits per heavy atom. The second kappa shape index (κ2) is 4.95. The molecule has 0 N–H and O–H groups in total. The van der Waals surface area contributed by atoms with Gasteiger partial charge in [-0.1, -0.05) is 0 Å². The van der Waals surface area contributed by atoms with Crippen molar-refractivity contribution in [1.29, 1.82) is 0 Å². The summed E-state index contributed by atoms with van der Waals surface area (Å²) >= 11 is 3.50. The maximum absolute atomic E-state index is 4.58. The fourth-order valence-corrected chi connectivity index (χ4v) is 2.61. The van der Waals surface area contributed by atoms with Crippen LogP contribution >= 0.6 is 15.9 Å². The van der Waals surface area contributed by atoms with Crippen LogP contribution in [0.4, 0.5) is 0 Å². The minimum Gasteiger partial charge on any atom is -0.304 e. The monoisotopic (exact) mass is 309 g/mol. The Morgan fingerprint density at radius 3 is 2.78 bits per heavy atom. The van der Waals surface area contributed by atoms with Gasteiger partial charge >= 0.3 is 0 Å². The lowest BCUT2D eigenvalue weighted by Crippen LogP contribution is -2.44. The van der Waals surface area contributed by atoms with Gasteiger partial charge in [0.2, 0.25) is 0 Å². The molecule has 1 fully saturated rings. The molecule has 0 aliphatic carbocycles. The molecule has 3 rings (SSSR count). The molecule has 1 aliphatic rings. The van der Waals surface area contributed by atoms with E-state index in [0.717, 1.165) is 48.7 Å². The first kappa shape index (κ1) is 12.1. The van der Waals surface area contributed by atoms with E-state index in [1.807, 2.05) is 22.8 Å². The fraction of sp³-hybridized carbons (Fsp3) is 0.500. The van der Waals surface area contributed by atoms with Crippen LogP contribution in [0.3, 0.4) is 0 Å². The number of hydrogen-bond donors (Lipinski definition) is 0. The lowest BCUT2D eigenvalue weighted by Gasteiger charge is -2.31. The highest BCUT2D eigenvalue weighted by Crippen LogP contribution is 2.16. The molecule has 5 nitrogen and oxygen atoms in total. The van der Waals surface area contributed by atoms with Crippen LogP contribution in [-0.2, 0) is 6.54 Å². The summed E-state index contributed by atoms with van der Waals surface area (Å²) in [7, 11) is 2.16. The third kappa shape index (κ3) is 2.41. The molecule has 18 heavy (non-hydrogen) atoms. The second-order valence-electron chi connectivity index (χ2n) is 4.73. The van der Waals surface area contributed by atoms with Crippen molar-refractivity contribution in [2.24, 2.45) is 0 Å². The number of piperazine rings is 1. The first-order chi connectivity index (χ1) is 8.72. The highest BCUT2D eigenvalue weighted by atomic mass is 79.9. The van der Waals surface area contributed by atoms with Crippen LogP contribution in [0.2, 0.25) is 0 Å². The van der Waals surface area contributed by atoms with Crippen molar-refractivity contribution in [2.45, 2.75) is 6.54 Å². The van der Waals surface area contributed by atoms with Gasteiger partial charge in [0, 0.05) is 32.4 Å². The molecule has 1 aliphatic heterocycles. The van der Waals surface area contributed by atoms with E-state index in [9.17, 15) is 0 Å². The number of rotatable bonds is 2. The molecule has 0 saturated carbocycles. The summed E-state index contributed by atoms with van der Waals surface area (Å²) in [6.45, 7) is 5.26. The molecule has 0 bridgehead atoms. The Balaban J connectivity index is 1.77. The van der Waals surface area contributed by atoms with Crippen LogP contribution in [0.5, 0.6) is 0 Å². The van der Waals surface area contributed by atoms with Crippen LogP contribution in [0.15, 0.2) is 22.8 Å². The Morgan fingerprint density at radius 2 is 2.06 bits per heavy atom. The average Bonchev–Trinajstić information content (AvgIpc) is 2.76. The Bertz CT molecular complexity index is 544. The predicted molar refractivity (Wildman–Crippen MR) is 73.5 cm³/mol. The Kier molecular flexibility index (Phi) is 3.32. The summed E-state index contributed by atoms with van der Waals surface area (Å²) in [5, 5.41) is 4.51. The topological polar surface area (TPSA) is 36.7 Å². The molecule has 1 saturated heterocycles. The smallest absolute Gasteiger partial charge is 0.169 e. The van der Waals surface area contributed by atoms with Crippen molar-refractivity contribution < 1.29 is 0 Å². The molecule has 96 valence electrons. The number of pyridine rings is 1. The van der Waals surface area contributed by atoms with Crippen molar-refractivity contribution in [3.63, 3.8) is 0 Å². The van der Waals surface area contributed by atoms with Crippen LogP contribution in [0.25, 0.3) is 5.65 Å². The van der Waals surface area contributed by atoms with Gasteiger partial charge in [-0.15, -0.1) is 5.10 Å². The number of aromatic nitrogens is 3. The molecule has 0 spiro atoms. The number of nitrogens with zero attached hydrogens (tertiary/aromatic N) is 5. The van der Waals surface area contributed by atoms with E-state index in [0.29, 0.717) is 0 Å². The molecule has 2 aromatic rings. The van der Waals surface area contributed by atoms with Gasteiger partial charge in [0.05, 0.1) is 11.0 Å². The molecule has 6 heteroatoms. The number of halogens is 1. The third-order valence-electron chi connectivity index (χ3n) is 3.32.